The van der Waals surface area contributed by atoms with Crippen molar-refractivity contribution in [3.8, 4) is 5.75 Å². The van der Waals surface area contributed by atoms with Crippen LogP contribution in [0, 0.1) is 12.7 Å². The molecule has 26 heavy (non-hydrogen) atoms. The standard InChI is InChI=1S/C17H18ClFN2O4S/c1-11-4-6-13(9-16(11)26(23,24)21(2)3)20-17(22)10-25-15-7-5-12(19)8-14(15)18/h4-9H,10H2,1-3H3,(H,20,22). The topological polar surface area (TPSA) is 75.7 Å². The van der Waals surface area contributed by atoms with Crippen molar-refractivity contribution in [3.05, 3.63) is 52.8 Å². The summed E-state index contributed by atoms with van der Waals surface area (Å²) in [7, 11) is -0.771. The van der Waals surface area contributed by atoms with Crippen LogP contribution in [0.25, 0.3) is 0 Å². The predicted molar refractivity (Wildman–Crippen MR) is 97.6 cm³/mol. The van der Waals surface area contributed by atoms with Crippen LogP contribution in [0.2, 0.25) is 5.02 Å². The highest BCUT2D eigenvalue weighted by atomic mass is 35.5. The third kappa shape index (κ3) is 4.72. The van der Waals surface area contributed by atoms with Crippen molar-refractivity contribution in [1.29, 1.82) is 0 Å². The predicted octanol–water partition coefficient (Wildman–Crippen LogP) is 3.06. The van der Waals surface area contributed by atoms with E-state index in [4.69, 9.17) is 16.3 Å². The first-order valence-corrected chi connectivity index (χ1v) is 9.34. The number of sulfonamides is 1. The number of aryl methyl sites for hydroxylation is 1. The summed E-state index contributed by atoms with van der Waals surface area (Å²) in [5, 5.41) is 2.61. The van der Waals surface area contributed by atoms with Crippen LogP contribution in [0.1, 0.15) is 5.56 Å². The molecule has 140 valence electrons. The zero-order chi connectivity index (χ0) is 19.5. The fraction of sp³-hybridized carbons (Fsp3) is 0.235. The van der Waals surface area contributed by atoms with Crippen LogP contribution >= 0.6 is 11.6 Å². The van der Waals surface area contributed by atoms with Gasteiger partial charge in [0.15, 0.2) is 6.61 Å². The minimum absolute atomic E-state index is 0.0486. The first-order chi connectivity index (χ1) is 12.1. The van der Waals surface area contributed by atoms with Crippen molar-refractivity contribution in [1.82, 2.24) is 4.31 Å². The molecule has 0 saturated carbocycles. The SMILES string of the molecule is Cc1ccc(NC(=O)COc2ccc(F)cc2Cl)cc1S(=O)(=O)N(C)C. The van der Waals surface area contributed by atoms with Crippen molar-refractivity contribution < 1.29 is 22.3 Å². The second kappa shape index (κ2) is 8.03. The molecule has 0 atom stereocenters. The molecule has 2 aromatic carbocycles. The van der Waals surface area contributed by atoms with E-state index in [9.17, 15) is 17.6 Å². The molecule has 0 heterocycles. The van der Waals surface area contributed by atoms with Gasteiger partial charge >= 0.3 is 0 Å². The van der Waals surface area contributed by atoms with Gasteiger partial charge in [-0.25, -0.2) is 17.1 Å². The van der Waals surface area contributed by atoms with Gasteiger partial charge in [-0.3, -0.25) is 4.79 Å². The Morgan fingerprint density at radius 2 is 1.92 bits per heavy atom. The minimum Gasteiger partial charge on any atom is -0.482 e. The molecule has 2 aromatic rings. The number of carbonyl (C=O) groups excluding carboxylic acids is 1. The average Bonchev–Trinajstić information content (AvgIpc) is 2.55. The molecule has 1 N–H and O–H groups in total. The number of anilines is 1. The molecule has 0 bridgehead atoms. The van der Waals surface area contributed by atoms with E-state index in [-0.39, 0.29) is 22.3 Å². The number of benzene rings is 2. The zero-order valence-electron chi connectivity index (χ0n) is 14.4. The molecular formula is C17H18ClFN2O4S. The lowest BCUT2D eigenvalue weighted by atomic mass is 10.2. The first kappa shape index (κ1) is 20.2. The number of hydrogen-bond donors (Lipinski definition) is 1. The van der Waals surface area contributed by atoms with Crippen LogP contribution in [-0.4, -0.2) is 39.3 Å². The summed E-state index contributed by atoms with van der Waals surface area (Å²) in [4.78, 5) is 12.1. The Labute approximate surface area is 156 Å². The summed E-state index contributed by atoms with van der Waals surface area (Å²) in [5.41, 5.74) is 0.876. The Morgan fingerprint density at radius 3 is 2.54 bits per heavy atom. The molecule has 0 aliphatic heterocycles. The van der Waals surface area contributed by atoms with E-state index in [1.54, 1.807) is 19.1 Å². The lowest BCUT2D eigenvalue weighted by Crippen LogP contribution is -2.24. The summed E-state index contributed by atoms with van der Waals surface area (Å²) in [6.07, 6.45) is 0. The number of nitrogens with one attached hydrogen (secondary N) is 1. The van der Waals surface area contributed by atoms with Crippen LogP contribution in [0.15, 0.2) is 41.3 Å². The number of hydrogen-bond acceptors (Lipinski definition) is 4. The highest BCUT2D eigenvalue weighted by molar-refractivity contribution is 7.89. The first-order valence-electron chi connectivity index (χ1n) is 7.52. The van der Waals surface area contributed by atoms with Gasteiger partial charge in [0.25, 0.3) is 5.91 Å². The second-order valence-electron chi connectivity index (χ2n) is 5.68. The van der Waals surface area contributed by atoms with Crippen LogP contribution in [-0.2, 0) is 14.8 Å². The van der Waals surface area contributed by atoms with Crippen LogP contribution in [0.3, 0.4) is 0 Å². The van der Waals surface area contributed by atoms with E-state index in [1.165, 1.54) is 26.2 Å². The van der Waals surface area contributed by atoms with Crippen molar-refractivity contribution in [3.63, 3.8) is 0 Å². The molecule has 0 fully saturated rings. The van der Waals surface area contributed by atoms with Gasteiger partial charge in [0, 0.05) is 19.8 Å². The minimum atomic E-state index is -3.63. The fourth-order valence-corrected chi connectivity index (χ4v) is 3.45. The van der Waals surface area contributed by atoms with E-state index in [0.717, 1.165) is 16.4 Å². The number of amides is 1. The van der Waals surface area contributed by atoms with Gasteiger partial charge < -0.3 is 10.1 Å². The zero-order valence-corrected chi connectivity index (χ0v) is 16.0. The average molecular weight is 401 g/mol. The quantitative estimate of drug-likeness (QED) is 0.808. The van der Waals surface area contributed by atoms with Crippen molar-refractivity contribution >= 4 is 33.2 Å². The van der Waals surface area contributed by atoms with Gasteiger partial charge in [0.2, 0.25) is 10.0 Å². The number of nitrogens with zero attached hydrogens (tertiary/aromatic N) is 1. The Balaban J connectivity index is 2.10. The lowest BCUT2D eigenvalue weighted by Gasteiger charge is -2.15. The van der Waals surface area contributed by atoms with E-state index in [0.29, 0.717) is 11.3 Å². The largest absolute Gasteiger partial charge is 0.482 e. The van der Waals surface area contributed by atoms with E-state index >= 15 is 0 Å². The molecule has 0 saturated heterocycles. The molecule has 0 unspecified atom stereocenters. The smallest absolute Gasteiger partial charge is 0.262 e. The molecule has 0 radical (unpaired) electrons. The van der Waals surface area contributed by atoms with Gasteiger partial charge in [-0.1, -0.05) is 17.7 Å². The van der Waals surface area contributed by atoms with Gasteiger partial charge in [-0.2, -0.15) is 0 Å². The summed E-state index contributed by atoms with van der Waals surface area (Å²) in [6.45, 7) is 1.30. The molecule has 0 spiro atoms. The summed E-state index contributed by atoms with van der Waals surface area (Å²) in [6, 6.07) is 8.13. The van der Waals surface area contributed by atoms with Crippen molar-refractivity contribution in [2.75, 3.05) is 26.0 Å². The van der Waals surface area contributed by atoms with Gasteiger partial charge in [-0.15, -0.1) is 0 Å². The maximum atomic E-state index is 13.0. The van der Waals surface area contributed by atoms with Gasteiger partial charge in [-0.05, 0) is 42.8 Å². The molecule has 0 aliphatic rings. The van der Waals surface area contributed by atoms with Crippen molar-refractivity contribution in [2.24, 2.45) is 0 Å². The molecule has 6 nitrogen and oxygen atoms in total. The normalized spacial score (nSPS) is 11.5. The number of rotatable bonds is 6. The van der Waals surface area contributed by atoms with E-state index < -0.39 is 21.7 Å². The maximum absolute atomic E-state index is 13.0. The van der Waals surface area contributed by atoms with Crippen LogP contribution < -0.4 is 10.1 Å². The van der Waals surface area contributed by atoms with Crippen molar-refractivity contribution in [2.45, 2.75) is 11.8 Å². The molecule has 2 rings (SSSR count). The summed E-state index contributed by atoms with van der Waals surface area (Å²) < 4.78 is 44.0. The number of ether oxygens (including phenoxy) is 1. The maximum Gasteiger partial charge on any atom is 0.262 e. The Kier molecular flexibility index (Phi) is 6.22. The highest BCUT2D eigenvalue weighted by Gasteiger charge is 2.20. The second-order valence-corrected chi connectivity index (χ2v) is 8.21. The van der Waals surface area contributed by atoms with Crippen LogP contribution in [0.5, 0.6) is 5.75 Å². The Bertz CT molecular complexity index is 932. The fourth-order valence-electron chi connectivity index (χ4n) is 2.09. The molecule has 0 aliphatic carbocycles. The third-order valence-corrected chi connectivity index (χ3v) is 5.74. The molecule has 1 amide bonds. The lowest BCUT2D eigenvalue weighted by molar-refractivity contribution is -0.118. The molecular weight excluding hydrogens is 383 g/mol. The summed E-state index contributed by atoms with van der Waals surface area (Å²) in [5.74, 6) is -0.855. The van der Waals surface area contributed by atoms with E-state index in [2.05, 4.69) is 5.32 Å². The molecule has 9 heteroatoms. The Morgan fingerprint density at radius 1 is 1.23 bits per heavy atom. The Hall–Kier alpha value is -2.16. The van der Waals surface area contributed by atoms with Gasteiger partial charge in [0.05, 0.1) is 9.92 Å². The third-order valence-electron chi connectivity index (χ3n) is 3.48. The van der Waals surface area contributed by atoms with Gasteiger partial charge in [0.1, 0.15) is 11.6 Å². The molecule has 0 aromatic heterocycles. The monoisotopic (exact) mass is 400 g/mol. The highest BCUT2D eigenvalue weighted by Crippen LogP contribution is 2.25. The summed E-state index contributed by atoms with van der Waals surface area (Å²) >= 11 is 5.82. The van der Waals surface area contributed by atoms with Crippen LogP contribution in [0.4, 0.5) is 10.1 Å². The number of carbonyl (C=O) groups is 1. The van der Waals surface area contributed by atoms with E-state index in [1.807, 2.05) is 0 Å². The number of halogens is 2.